The maximum absolute atomic E-state index is 14.8. The van der Waals surface area contributed by atoms with Crippen LogP contribution < -0.4 is 10.2 Å². The van der Waals surface area contributed by atoms with Crippen molar-refractivity contribution in [3.63, 3.8) is 0 Å². The summed E-state index contributed by atoms with van der Waals surface area (Å²) >= 11 is 0. The van der Waals surface area contributed by atoms with Crippen LogP contribution in [-0.2, 0) is 14.9 Å². The van der Waals surface area contributed by atoms with E-state index in [0.29, 0.717) is 16.8 Å². The van der Waals surface area contributed by atoms with Crippen LogP contribution in [0.15, 0.2) is 36.5 Å². The van der Waals surface area contributed by atoms with Crippen LogP contribution in [0.25, 0.3) is 11.1 Å². The molecule has 2 aromatic rings. The van der Waals surface area contributed by atoms with Gasteiger partial charge in [-0.2, -0.15) is 0 Å². The molecular weight excluding hydrogens is 377 g/mol. The summed E-state index contributed by atoms with van der Waals surface area (Å²) in [5.74, 6) is -0.681. The molecule has 2 fully saturated rings. The van der Waals surface area contributed by atoms with Gasteiger partial charge in [0.05, 0.1) is 25.4 Å². The molecule has 1 saturated heterocycles. The average Bonchev–Trinajstić information content (AvgIpc) is 3.43. The molecule has 2 N–H and O–H groups in total. The molecule has 1 saturated carbocycles. The van der Waals surface area contributed by atoms with E-state index < -0.39 is 18.0 Å². The third kappa shape index (κ3) is 3.80. The molecule has 0 bridgehead atoms. The monoisotopic (exact) mass is 399 g/mol. The lowest BCUT2D eigenvalue weighted by Crippen LogP contribution is -2.33. The van der Waals surface area contributed by atoms with E-state index in [1.807, 2.05) is 6.07 Å². The normalized spacial score (nSPS) is 19.8. The van der Waals surface area contributed by atoms with Crippen molar-refractivity contribution < 1.29 is 23.8 Å². The van der Waals surface area contributed by atoms with Crippen LogP contribution >= 0.6 is 0 Å². The van der Waals surface area contributed by atoms with E-state index in [0.717, 1.165) is 18.5 Å². The molecule has 29 heavy (non-hydrogen) atoms. The van der Waals surface area contributed by atoms with Gasteiger partial charge in [-0.05, 0) is 37.1 Å². The number of carbonyl (C=O) groups is 2. The zero-order chi connectivity index (χ0) is 20.6. The number of aliphatic hydroxyl groups is 1. The predicted molar refractivity (Wildman–Crippen MR) is 104 cm³/mol. The lowest BCUT2D eigenvalue weighted by atomic mass is 10.0. The highest BCUT2D eigenvalue weighted by Gasteiger charge is 2.45. The zero-order valence-corrected chi connectivity index (χ0v) is 16.0. The summed E-state index contributed by atoms with van der Waals surface area (Å²) in [6.45, 7) is 1.90. The maximum Gasteiger partial charge on any atom is 0.414 e. The Morgan fingerprint density at radius 3 is 2.76 bits per heavy atom. The van der Waals surface area contributed by atoms with Crippen molar-refractivity contribution in [3.05, 3.63) is 48.0 Å². The Balaban J connectivity index is 1.50. The number of nitrogens with one attached hydrogen (secondary N) is 1. The molecule has 1 aromatic heterocycles. The van der Waals surface area contributed by atoms with Gasteiger partial charge in [-0.25, -0.2) is 9.18 Å². The second kappa shape index (κ2) is 7.44. The largest absolute Gasteiger partial charge is 0.442 e. The number of aromatic nitrogens is 1. The predicted octanol–water partition coefficient (Wildman–Crippen LogP) is 2.37. The second-order valence-electron chi connectivity index (χ2n) is 7.59. The number of cyclic esters (lactones) is 1. The fraction of sp³-hybridized carbons (Fsp3) is 0.381. The number of anilines is 1. The second-order valence-corrected chi connectivity index (χ2v) is 7.59. The number of carbonyl (C=O) groups excluding carboxylic acids is 2. The molecule has 0 radical (unpaired) electrons. The van der Waals surface area contributed by atoms with Crippen LogP contribution in [0.3, 0.4) is 0 Å². The number of nitrogens with zero attached hydrogens (tertiary/aromatic N) is 2. The number of amides is 2. The third-order valence-corrected chi connectivity index (χ3v) is 5.49. The molecule has 1 aliphatic heterocycles. The first-order valence-corrected chi connectivity index (χ1v) is 9.52. The molecular formula is C21H22FN3O4. The van der Waals surface area contributed by atoms with Gasteiger partial charge < -0.3 is 15.2 Å². The molecule has 7 nitrogen and oxygen atoms in total. The summed E-state index contributed by atoms with van der Waals surface area (Å²) in [7, 11) is 0. The van der Waals surface area contributed by atoms with Gasteiger partial charge in [-0.3, -0.25) is 14.7 Å². The number of benzene rings is 1. The Bertz CT molecular complexity index is 943. The van der Waals surface area contributed by atoms with Crippen molar-refractivity contribution in [2.45, 2.75) is 31.3 Å². The van der Waals surface area contributed by atoms with Crippen molar-refractivity contribution in [1.29, 1.82) is 0 Å². The van der Waals surface area contributed by atoms with Crippen molar-refractivity contribution in [3.8, 4) is 11.1 Å². The van der Waals surface area contributed by atoms with Crippen molar-refractivity contribution >= 4 is 17.7 Å². The minimum atomic E-state index is -0.572. The number of pyridine rings is 1. The van der Waals surface area contributed by atoms with E-state index in [1.54, 1.807) is 24.4 Å². The van der Waals surface area contributed by atoms with Crippen LogP contribution in [0, 0.1) is 5.82 Å². The number of ether oxygens (including phenoxy) is 1. The summed E-state index contributed by atoms with van der Waals surface area (Å²) in [6.07, 6.45) is 2.38. The van der Waals surface area contributed by atoms with Gasteiger partial charge in [0.25, 0.3) is 0 Å². The first kappa shape index (κ1) is 19.3. The molecule has 152 valence electrons. The molecule has 1 aliphatic carbocycles. The van der Waals surface area contributed by atoms with Crippen LogP contribution in [0.2, 0.25) is 0 Å². The van der Waals surface area contributed by atoms with E-state index in [1.165, 1.54) is 17.9 Å². The Kier molecular flexibility index (Phi) is 4.96. The fourth-order valence-corrected chi connectivity index (χ4v) is 3.52. The van der Waals surface area contributed by atoms with Gasteiger partial charge in [0.2, 0.25) is 5.91 Å². The Hall–Kier alpha value is -3.00. The number of halogens is 1. The average molecular weight is 399 g/mol. The zero-order valence-electron chi connectivity index (χ0n) is 16.0. The number of hydrogen-bond donors (Lipinski definition) is 2. The van der Waals surface area contributed by atoms with E-state index in [9.17, 15) is 19.1 Å². The molecule has 2 aliphatic rings. The lowest BCUT2D eigenvalue weighted by molar-refractivity contribution is -0.119. The minimum absolute atomic E-state index is 0.0667. The lowest BCUT2D eigenvalue weighted by Gasteiger charge is -2.15. The highest BCUT2D eigenvalue weighted by molar-refractivity contribution is 5.90. The van der Waals surface area contributed by atoms with Gasteiger partial charge in [0.15, 0.2) is 0 Å². The molecule has 1 atom stereocenters. The summed E-state index contributed by atoms with van der Waals surface area (Å²) < 4.78 is 20.0. The van der Waals surface area contributed by atoms with Gasteiger partial charge in [-0.1, -0.05) is 6.07 Å². The SMILES string of the molecule is CC(=O)NC[C@H]1CN(c2ccc(-c3ccc(C4(CO)CC4)nc3)c(F)c2)C(=O)O1. The van der Waals surface area contributed by atoms with Gasteiger partial charge >= 0.3 is 6.09 Å². The van der Waals surface area contributed by atoms with Gasteiger partial charge in [-0.15, -0.1) is 0 Å². The van der Waals surface area contributed by atoms with E-state index in [-0.39, 0.29) is 31.0 Å². The topological polar surface area (TPSA) is 91.8 Å². The Morgan fingerprint density at radius 1 is 1.38 bits per heavy atom. The van der Waals surface area contributed by atoms with Gasteiger partial charge in [0, 0.05) is 35.4 Å². The molecule has 0 spiro atoms. The third-order valence-electron chi connectivity index (χ3n) is 5.49. The summed E-state index contributed by atoms with van der Waals surface area (Å²) in [5.41, 5.74) is 1.99. The summed E-state index contributed by atoms with van der Waals surface area (Å²) in [6, 6.07) is 8.18. The van der Waals surface area contributed by atoms with E-state index in [2.05, 4.69) is 10.3 Å². The molecule has 1 aromatic carbocycles. The van der Waals surface area contributed by atoms with Crippen LogP contribution in [0.4, 0.5) is 14.9 Å². The maximum atomic E-state index is 14.8. The quantitative estimate of drug-likeness (QED) is 0.778. The minimum Gasteiger partial charge on any atom is -0.442 e. The molecule has 2 amide bonds. The van der Waals surface area contributed by atoms with Crippen LogP contribution in [0.1, 0.15) is 25.5 Å². The summed E-state index contributed by atoms with van der Waals surface area (Å²) in [4.78, 5) is 28.9. The van der Waals surface area contributed by atoms with Crippen LogP contribution in [-0.4, -0.2) is 47.9 Å². The van der Waals surface area contributed by atoms with Crippen molar-refractivity contribution in [1.82, 2.24) is 10.3 Å². The van der Waals surface area contributed by atoms with E-state index >= 15 is 0 Å². The van der Waals surface area contributed by atoms with Crippen molar-refractivity contribution in [2.24, 2.45) is 0 Å². The van der Waals surface area contributed by atoms with Gasteiger partial charge in [0.1, 0.15) is 11.9 Å². The number of aliphatic hydroxyl groups excluding tert-OH is 1. The molecule has 8 heteroatoms. The smallest absolute Gasteiger partial charge is 0.414 e. The molecule has 0 unspecified atom stereocenters. The highest BCUT2D eigenvalue weighted by Crippen LogP contribution is 2.46. The molecule has 2 heterocycles. The molecule has 4 rings (SSSR count). The Labute approximate surface area is 167 Å². The highest BCUT2D eigenvalue weighted by atomic mass is 19.1. The van der Waals surface area contributed by atoms with Crippen LogP contribution in [0.5, 0.6) is 0 Å². The standard InChI is InChI=1S/C21H22FN3O4/c1-13(27)23-10-16-11-25(20(28)29-16)15-3-4-17(18(22)8-15)14-2-5-19(24-9-14)21(12-26)6-7-21/h2-5,8-9,16,26H,6-7,10-12H2,1H3,(H,23,27)/t16-/m0/s1. The summed E-state index contributed by atoms with van der Waals surface area (Å²) in [5, 5.41) is 12.1. The van der Waals surface area contributed by atoms with Crippen molar-refractivity contribution in [2.75, 3.05) is 24.6 Å². The number of rotatable bonds is 6. The fourth-order valence-electron chi connectivity index (χ4n) is 3.52. The first-order chi connectivity index (χ1) is 13.9. The first-order valence-electron chi connectivity index (χ1n) is 9.52. The van der Waals surface area contributed by atoms with E-state index in [4.69, 9.17) is 4.74 Å². The number of hydrogen-bond acceptors (Lipinski definition) is 5. The Morgan fingerprint density at radius 2 is 2.17 bits per heavy atom.